The van der Waals surface area contributed by atoms with E-state index in [-0.39, 0.29) is 0 Å². The molecule has 1 heterocycles. The Kier molecular flexibility index (Phi) is 2.72. The summed E-state index contributed by atoms with van der Waals surface area (Å²) in [5.74, 6) is 2.54. The van der Waals surface area contributed by atoms with Gasteiger partial charge in [-0.25, -0.2) is 0 Å². The fourth-order valence-corrected chi connectivity index (χ4v) is 3.88. The number of halogens is 1. The molecule has 0 N–H and O–H groups in total. The van der Waals surface area contributed by atoms with Crippen molar-refractivity contribution in [2.24, 2.45) is 23.2 Å². The van der Waals surface area contributed by atoms with Crippen LogP contribution in [0.5, 0.6) is 0 Å². The minimum Gasteiger partial charge on any atom is -0.381 e. The van der Waals surface area contributed by atoms with Crippen molar-refractivity contribution in [3.63, 3.8) is 0 Å². The highest BCUT2D eigenvalue weighted by atomic mass is 79.9. The van der Waals surface area contributed by atoms with E-state index < -0.39 is 0 Å². The fraction of sp³-hybridized carbons (Fsp3) is 1.00. The standard InChI is InChI=1S/C11H19BrO/c1-8(5-12)10-9-3-4-11(10,2)7-13-6-9/h8-10H,3-7H2,1-2H3. The molecule has 2 heteroatoms. The van der Waals surface area contributed by atoms with Crippen LogP contribution in [0, 0.1) is 23.2 Å². The van der Waals surface area contributed by atoms with Crippen molar-refractivity contribution < 1.29 is 4.74 Å². The van der Waals surface area contributed by atoms with Gasteiger partial charge in [0.15, 0.2) is 0 Å². The molecule has 1 aliphatic heterocycles. The third-order valence-corrected chi connectivity index (χ3v) is 5.04. The second-order valence-electron chi connectivity index (χ2n) is 5.13. The molecule has 1 aliphatic carbocycles. The van der Waals surface area contributed by atoms with E-state index in [0.29, 0.717) is 5.41 Å². The number of alkyl halides is 1. The number of fused-ring (bicyclic) bond motifs is 2. The maximum Gasteiger partial charge on any atom is 0.0522 e. The Labute approximate surface area is 89.4 Å². The first-order valence-electron chi connectivity index (χ1n) is 5.31. The predicted molar refractivity (Wildman–Crippen MR) is 58.1 cm³/mol. The molecule has 1 nitrogen and oxygen atoms in total. The van der Waals surface area contributed by atoms with Crippen molar-refractivity contribution in [1.29, 1.82) is 0 Å². The molecule has 0 aromatic rings. The van der Waals surface area contributed by atoms with Crippen molar-refractivity contribution >= 4 is 15.9 Å². The Morgan fingerprint density at radius 1 is 1.62 bits per heavy atom. The van der Waals surface area contributed by atoms with Crippen LogP contribution in [0.3, 0.4) is 0 Å². The third kappa shape index (κ3) is 1.56. The summed E-state index contributed by atoms with van der Waals surface area (Å²) in [6, 6.07) is 0. The lowest BCUT2D eigenvalue weighted by molar-refractivity contribution is -0.0574. The summed E-state index contributed by atoms with van der Waals surface area (Å²) in [6.45, 7) is 6.79. The summed E-state index contributed by atoms with van der Waals surface area (Å²) in [5.41, 5.74) is 0.482. The van der Waals surface area contributed by atoms with Gasteiger partial charge >= 0.3 is 0 Å². The monoisotopic (exact) mass is 246 g/mol. The first kappa shape index (κ1) is 9.97. The molecule has 2 fully saturated rings. The molecule has 1 saturated heterocycles. The van der Waals surface area contributed by atoms with E-state index in [2.05, 4.69) is 29.8 Å². The molecule has 0 spiro atoms. The number of hydrogen-bond acceptors (Lipinski definition) is 1. The molecule has 0 amide bonds. The first-order chi connectivity index (χ1) is 6.17. The molecule has 2 rings (SSSR count). The molecule has 0 aromatic heterocycles. The van der Waals surface area contributed by atoms with Gasteiger partial charge in [0.25, 0.3) is 0 Å². The molecule has 2 aliphatic rings. The molecule has 4 atom stereocenters. The summed E-state index contributed by atoms with van der Waals surface area (Å²) >= 11 is 3.62. The molecule has 13 heavy (non-hydrogen) atoms. The average molecular weight is 247 g/mol. The Hall–Kier alpha value is 0.440. The summed E-state index contributed by atoms with van der Waals surface area (Å²) in [5, 5.41) is 1.14. The molecule has 0 aromatic carbocycles. The smallest absolute Gasteiger partial charge is 0.0522 e. The second-order valence-corrected chi connectivity index (χ2v) is 5.77. The number of rotatable bonds is 2. The zero-order valence-corrected chi connectivity index (χ0v) is 10.1. The molecule has 0 radical (unpaired) electrons. The van der Waals surface area contributed by atoms with Crippen LogP contribution in [0.15, 0.2) is 0 Å². The van der Waals surface area contributed by atoms with Gasteiger partial charge in [-0.15, -0.1) is 0 Å². The van der Waals surface area contributed by atoms with Crippen LogP contribution in [0.2, 0.25) is 0 Å². The quantitative estimate of drug-likeness (QED) is 0.681. The summed E-state index contributed by atoms with van der Waals surface area (Å²) < 4.78 is 5.67. The highest BCUT2D eigenvalue weighted by Crippen LogP contribution is 2.53. The van der Waals surface area contributed by atoms with Crippen LogP contribution in [-0.4, -0.2) is 18.5 Å². The van der Waals surface area contributed by atoms with Crippen molar-refractivity contribution in [2.75, 3.05) is 18.5 Å². The average Bonchev–Trinajstić information content (AvgIpc) is 2.31. The maximum absolute atomic E-state index is 5.67. The summed E-state index contributed by atoms with van der Waals surface area (Å²) in [4.78, 5) is 0. The van der Waals surface area contributed by atoms with Crippen molar-refractivity contribution in [3.8, 4) is 0 Å². The summed E-state index contributed by atoms with van der Waals surface area (Å²) in [7, 11) is 0. The topological polar surface area (TPSA) is 9.23 Å². The van der Waals surface area contributed by atoms with E-state index in [1.54, 1.807) is 0 Å². The maximum atomic E-state index is 5.67. The van der Waals surface area contributed by atoms with E-state index in [1.807, 2.05) is 0 Å². The zero-order valence-electron chi connectivity index (χ0n) is 8.55. The van der Waals surface area contributed by atoms with E-state index in [9.17, 15) is 0 Å². The highest BCUT2D eigenvalue weighted by molar-refractivity contribution is 9.09. The predicted octanol–water partition coefficient (Wildman–Crippen LogP) is 3.08. The van der Waals surface area contributed by atoms with Gasteiger partial charge in [-0.1, -0.05) is 29.8 Å². The number of ether oxygens (including phenoxy) is 1. The molecule has 76 valence electrons. The van der Waals surface area contributed by atoms with Crippen LogP contribution in [-0.2, 0) is 4.74 Å². The van der Waals surface area contributed by atoms with Gasteiger partial charge in [0.2, 0.25) is 0 Å². The largest absolute Gasteiger partial charge is 0.381 e. The van der Waals surface area contributed by atoms with Gasteiger partial charge in [0.1, 0.15) is 0 Å². The first-order valence-corrected chi connectivity index (χ1v) is 6.43. The van der Waals surface area contributed by atoms with Gasteiger partial charge in [0.05, 0.1) is 6.61 Å². The van der Waals surface area contributed by atoms with E-state index >= 15 is 0 Å². The Bertz CT molecular complexity index is 191. The van der Waals surface area contributed by atoms with Gasteiger partial charge < -0.3 is 4.74 Å². The Morgan fingerprint density at radius 3 is 3.00 bits per heavy atom. The minimum absolute atomic E-state index is 0.482. The lowest BCUT2D eigenvalue weighted by Gasteiger charge is -2.41. The van der Waals surface area contributed by atoms with Crippen LogP contribution < -0.4 is 0 Å². The van der Waals surface area contributed by atoms with Crippen LogP contribution in [0.25, 0.3) is 0 Å². The van der Waals surface area contributed by atoms with E-state index in [4.69, 9.17) is 4.74 Å². The fourth-order valence-electron chi connectivity index (χ4n) is 3.48. The minimum atomic E-state index is 0.482. The lowest BCUT2D eigenvalue weighted by Crippen LogP contribution is -2.41. The molecule has 1 saturated carbocycles. The van der Waals surface area contributed by atoms with E-state index in [0.717, 1.165) is 36.3 Å². The third-order valence-electron chi connectivity index (χ3n) is 4.02. The lowest BCUT2D eigenvalue weighted by atomic mass is 9.70. The van der Waals surface area contributed by atoms with Crippen molar-refractivity contribution in [3.05, 3.63) is 0 Å². The van der Waals surface area contributed by atoms with Crippen LogP contribution >= 0.6 is 15.9 Å². The highest BCUT2D eigenvalue weighted by Gasteiger charge is 2.49. The zero-order chi connectivity index (χ0) is 9.47. The van der Waals surface area contributed by atoms with Gasteiger partial charge in [-0.3, -0.25) is 0 Å². The van der Waals surface area contributed by atoms with Crippen molar-refractivity contribution in [2.45, 2.75) is 26.7 Å². The van der Waals surface area contributed by atoms with Crippen molar-refractivity contribution in [1.82, 2.24) is 0 Å². The van der Waals surface area contributed by atoms with Gasteiger partial charge in [-0.2, -0.15) is 0 Å². The van der Waals surface area contributed by atoms with Crippen LogP contribution in [0.4, 0.5) is 0 Å². The molecular weight excluding hydrogens is 228 g/mol. The van der Waals surface area contributed by atoms with Crippen LogP contribution in [0.1, 0.15) is 26.7 Å². The molecule has 4 unspecified atom stereocenters. The summed E-state index contributed by atoms with van der Waals surface area (Å²) in [6.07, 6.45) is 2.76. The van der Waals surface area contributed by atoms with E-state index in [1.165, 1.54) is 12.8 Å². The normalized spacial score (nSPS) is 46.4. The molecular formula is C11H19BrO. The van der Waals surface area contributed by atoms with Gasteiger partial charge in [0, 0.05) is 11.9 Å². The SMILES string of the molecule is CC(CBr)C1C2CCC1(C)COC2. The molecule has 2 bridgehead atoms. The Balaban J connectivity index is 2.17. The van der Waals surface area contributed by atoms with Gasteiger partial charge in [-0.05, 0) is 36.0 Å². The number of hydrogen-bond donors (Lipinski definition) is 0. The second kappa shape index (κ2) is 3.54. The Morgan fingerprint density at radius 2 is 2.38 bits per heavy atom.